The molecule has 0 saturated carbocycles. The molecule has 1 atom stereocenters. The third kappa shape index (κ3) is 3.32. The van der Waals surface area contributed by atoms with Crippen LogP contribution in [0.25, 0.3) is 11.3 Å². The average Bonchev–Trinajstić information content (AvgIpc) is 3.09. The highest BCUT2D eigenvalue weighted by atomic mass is 16.5. The highest BCUT2D eigenvalue weighted by Crippen LogP contribution is 2.33. The number of ether oxygens (including phenoxy) is 2. The molecule has 2 aromatic rings. The molecule has 0 unspecified atom stereocenters. The van der Waals surface area contributed by atoms with Gasteiger partial charge in [-0.25, -0.2) is 0 Å². The smallest absolute Gasteiger partial charge is 0.239 e. The number of rotatable bonds is 5. The van der Waals surface area contributed by atoms with Crippen molar-refractivity contribution in [1.29, 1.82) is 0 Å². The lowest BCUT2D eigenvalue weighted by atomic mass is 10.1. The Morgan fingerprint density at radius 2 is 2.00 bits per heavy atom. The van der Waals surface area contributed by atoms with Gasteiger partial charge in [0.05, 0.1) is 32.2 Å². The van der Waals surface area contributed by atoms with Gasteiger partial charge in [-0.05, 0) is 25.1 Å². The molecular weight excluding hydrogens is 320 g/mol. The van der Waals surface area contributed by atoms with Gasteiger partial charge in [0, 0.05) is 37.8 Å². The molecule has 7 heteroatoms. The number of nitrogens with zero attached hydrogens (tertiary/aromatic N) is 3. The molecule has 1 aromatic heterocycles. The predicted molar refractivity (Wildman–Crippen MR) is 94.6 cm³/mol. The topological polar surface area (TPSA) is 70.7 Å². The number of aromatic nitrogens is 2. The minimum atomic E-state index is -0.132. The Bertz CT molecular complexity index is 759. The number of carbonyl (C=O) groups is 1. The van der Waals surface area contributed by atoms with Crippen molar-refractivity contribution >= 4 is 5.91 Å². The van der Waals surface area contributed by atoms with Gasteiger partial charge in [0.1, 0.15) is 0 Å². The average molecular weight is 344 g/mol. The predicted octanol–water partition coefficient (Wildman–Crippen LogP) is 1.76. The highest BCUT2D eigenvalue weighted by molar-refractivity contribution is 5.82. The van der Waals surface area contributed by atoms with Crippen LogP contribution in [0.1, 0.15) is 12.5 Å². The van der Waals surface area contributed by atoms with E-state index < -0.39 is 0 Å². The monoisotopic (exact) mass is 344 g/mol. The van der Waals surface area contributed by atoms with Crippen LogP contribution in [0.3, 0.4) is 0 Å². The molecule has 1 aromatic carbocycles. The summed E-state index contributed by atoms with van der Waals surface area (Å²) in [5, 5.41) is 7.27. The Balaban J connectivity index is 1.85. The fraction of sp³-hybridized carbons (Fsp3) is 0.444. The molecule has 7 nitrogen and oxygen atoms in total. The molecule has 1 fully saturated rings. The molecular formula is C18H24N4O3. The summed E-state index contributed by atoms with van der Waals surface area (Å²) >= 11 is 0. The van der Waals surface area contributed by atoms with Gasteiger partial charge in [0.15, 0.2) is 11.5 Å². The highest BCUT2D eigenvalue weighted by Gasteiger charge is 2.29. The Kier molecular flexibility index (Phi) is 4.94. The first-order valence-electron chi connectivity index (χ1n) is 8.28. The summed E-state index contributed by atoms with van der Waals surface area (Å²) < 4.78 is 10.7. The summed E-state index contributed by atoms with van der Waals surface area (Å²) in [6.07, 6.45) is 1.82. The van der Waals surface area contributed by atoms with Gasteiger partial charge < -0.3 is 14.4 Å². The van der Waals surface area contributed by atoms with Gasteiger partial charge in [-0.15, -0.1) is 0 Å². The Labute approximate surface area is 147 Å². The third-order valence-electron chi connectivity index (χ3n) is 4.77. The van der Waals surface area contributed by atoms with Crippen molar-refractivity contribution in [2.75, 3.05) is 34.4 Å². The van der Waals surface area contributed by atoms with Gasteiger partial charge >= 0.3 is 0 Å². The first-order valence-corrected chi connectivity index (χ1v) is 8.28. The normalized spacial score (nSPS) is 18.5. The molecule has 25 heavy (non-hydrogen) atoms. The van der Waals surface area contributed by atoms with Crippen LogP contribution >= 0.6 is 0 Å². The molecule has 1 saturated heterocycles. The summed E-state index contributed by atoms with van der Waals surface area (Å²) in [5.74, 6) is 1.51. The largest absolute Gasteiger partial charge is 0.493 e. The quantitative estimate of drug-likeness (QED) is 0.895. The van der Waals surface area contributed by atoms with Gasteiger partial charge in [-0.2, -0.15) is 5.10 Å². The minimum Gasteiger partial charge on any atom is -0.493 e. The maximum Gasteiger partial charge on any atom is 0.239 e. The second-order valence-corrected chi connectivity index (χ2v) is 6.25. The van der Waals surface area contributed by atoms with Crippen molar-refractivity contribution in [2.45, 2.75) is 19.5 Å². The number of amides is 1. The summed E-state index contributed by atoms with van der Waals surface area (Å²) in [4.78, 5) is 16.2. The van der Waals surface area contributed by atoms with E-state index in [4.69, 9.17) is 9.47 Å². The second-order valence-electron chi connectivity index (χ2n) is 6.25. The Morgan fingerprint density at radius 3 is 2.72 bits per heavy atom. The number of aromatic amines is 1. The van der Waals surface area contributed by atoms with E-state index in [1.807, 2.05) is 38.4 Å². The molecule has 1 amide bonds. The lowest BCUT2D eigenvalue weighted by molar-refractivity contribution is -0.139. The van der Waals surface area contributed by atoms with E-state index in [0.717, 1.165) is 29.9 Å². The van der Waals surface area contributed by atoms with E-state index in [1.165, 1.54) is 0 Å². The van der Waals surface area contributed by atoms with E-state index in [9.17, 15) is 4.79 Å². The fourth-order valence-corrected chi connectivity index (χ4v) is 3.16. The standard InChI is InChI=1S/C18H24N4O3/c1-12-18(23)21(2)7-8-22(12)11-14-10-19-20-17(14)13-5-6-15(24-3)16(9-13)25-4/h5-6,9-10,12H,7-8,11H2,1-4H3,(H,19,20)/t12-/m0/s1. The van der Waals surface area contributed by atoms with Crippen LogP contribution in [0, 0.1) is 0 Å². The van der Waals surface area contributed by atoms with E-state index >= 15 is 0 Å². The molecule has 0 radical (unpaired) electrons. The molecule has 2 heterocycles. The minimum absolute atomic E-state index is 0.132. The third-order valence-corrected chi connectivity index (χ3v) is 4.77. The van der Waals surface area contributed by atoms with Crippen molar-refractivity contribution in [3.8, 4) is 22.8 Å². The van der Waals surface area contributed by atoms with E-state index in [-0.39, 0.29) is 11.9 Å². The van der Waals surface area contributed by atoms with Gasteiger partial charge in [0.25, 0.3) is 0 Å². The van der Waals surface area contributed by atoms with Crippen LogP contribution in [-0.2, 0) is 11.3 Å². The lowest BCUT2D eigenvalue weighted by Gasteiger charge is -2.37. The number of carbonyl (C=O) groups excluding carboxylic acids is 1. The zero-order chi connectivity index (χ0) is 18.0. The SMILES string of the molecule is COc1ccc(-c2[nH]ncc2CN2CCN(C)C(=O)[C@@H]2C)cc1OC. The second kappa shape index (κ2) is 7.14. The zero-order valence-corrected chi connectivity index (χ0v) is 15.1. The molecule has 1 aliphatic rings. The number of methoxy groups -OCH3 is 2. The van der Waals surface area contributed by atoms with E-state index in [2.05, 4.69) is 15.1 Å². The van der Waals surface area contributed by atoms with Crippen molar-refractivity contribution in [3.05, 3.63) is 30.0 Å². The first kappa shape index (κ1) is 17.3. The molecule has 1 N–H and O–H groups in total. The summed E-state index contributed by atoms with van der Waals surface area (Å²) in [6, 6.07) is 5.64. The van der Waals surface area contributed by atoms with Gasteiger partial charge in [-0.1, -0.05) is 0 Å². The van der Waals surface area contributed by atoms with Crippen LogP contribution in [0.4, 0.5) is 0 Å². The van der Waals surface area contributed by atoms with Crippen molar-refractivity contribution in [2.24, 2.45) is 0 Å². The van der Waals surface area contributed by atoms with Crippen molar-refractivity contribution in [1.82, 2.24) is 20.0 Å². The van der Waals surface area contributed by atoms with Gasteiger partial charge in [0.2, 0.25) is 5.91 Å². The molecule has 0 aliphatic carbocycles. The zero-order valence-electron chi connectivity index (χ0n) is 15.1. The maximum atomic E-state index is 12.2. The number of benzene rings is 1. The molecule has 134 valence electrons. The molecule has 1 aliphatic heterocycles. The van der Waals surface area contributed by atoms with Crippen LogP contribution in [0.15, 0.2) is 24.4 Å². The van der Waals surface area contributed by atoms with Crippen LogP contribution in [0.2, 0.25) is 0 Å². The van der Waals surface area contributed by atoms with E-state index in [1.54, 1.807) is 19.1 Å². The number of H-pyrrole nitrogens is 1. The molecule has 0 bridgehead atoms. The van der Waals surface area contributed by atoms with E-state index in [0.29, 0.717) is 18.0 Å². The summed E-state index contributed by atoms with van der Waals surface area (Å²) in [7, 11) is 5.08. The number of hydrogen-bond acceptors (Lipinski definition) is 5. The maximum absolute atomic E-state index is 12.2. The van der Waals surface area contributed by atoms with Gasteiger partial charge in [-0.3, -0.25) is 14.8 Å². The fourth-order valence-electron chi connectivity index (χ4n) is 3.16. The van der Waals surface area contributed by atoms with Crippen molar-refractivity contribution < 1.29 is 14.3 Å². The Hall–Kier alpha value is -2.54. The van der Waals surface area contributed by atoms with Crippen LogP contribution < -0.4 is 9.47 Å². The molecule has 3 rings (SSSR count). The van der Waals surface area contributed by atoms with Crippen LogP contribution in [0.5, 0.6) is 11.5 Å². The molecule has 0 spiro atoms. The first-order chi connectivity index (χ1) is 12.0. The van der Waals surface area contributed by atoms with Crippen molar-refractivity contribution in [3.63, 3.8) is 0 Å². The number of piperazine rings is 1. The number of nitrogens with one attached hydrogen (secondary N) is 1. The van der Waals surface area contributed by atoms with Crippen LogP contribution in [-0.4, -0.2) is 66.3 Å². The summed E-state index contributed by atoms with van der Waals surface area (Å²) in [6.45, 7) is 4.21. The number of hydrogen-bond donors (Lipinski definition) is 1. The lowest BCUT2D eigenvalue weighted by Crippen LogP contribution is -2.53. The Morgan fingerprint density at radius 1 is 1.24 bits per heavy atom. The number of likely N-dealkylation sites (N-methyl/N-ethyl adjacent to an activating group) is 1. The summed E-state index contributed by atoms with van der Waals surface area (Å²) in [5.41, 5.74) is 2.95.